The molecule has 9 nitrogen and oxygen atoms in total. The van der Waals surface area contributed by atoms with E-state index in [9.17, 15) is 9.59 Å². The fourth-order valence-corrected chi connectivity index (χ4v) is 3.69. The molecule has 0 fully saturated rings. The Hall–Kier alpha value is -4.24. The Balaban J connectivity index is 1.45. The molecule has 0 radical (unpaired) electrons. The van der Waals surface area contributed by atoms with Gasteiger partial charge in [0, 0.05) is 22.5 Å². The maximum atomic E-state index is 12.9. The van der Waals surface area contributed by atoms with E-state index in [0.717, 1.165) is 21.4 Å². The van der Waals surface area contributed by atoms with Crippen LogP contribution < -0.4 is 11.0 Å². The van der Waals surface area contributed by atoms with Crippen molar-refractivity contribution in [3.63, 3.8) is 0 Å². The second-order valence-electron chi connectivity index (χ2n) is 7.85. The lowest BCUT2D eigenvalue weighted by Gasteiger charge is -2.08. The molecule has 170 valence electrons. The van der Waals surface area contributed by atoms with Crippen LogP contribution in [0.2, 0.25) is 5.02 Å². The normalized spacial score (nSPS) is 11.1. The topological polar surface area (TPSA) is 107 Å². The number of aromatic nitrogens is 5. The molecule has 0 unspecified atom stereocenters. The monoisotopic (exact) mass is 474 g/mol. The van der Waals surface area contributed by atoms with Crippen molar-refractivity contribution in [3.8, 4) is 22.8 Å². The maximum Gasteiger partial charge on any atom is 0.350 e. The Bertz CT molecular complexity index is 1580. The molecule has 0 aliphatic heterocycles. The molecular formula is C24H19ClN6O3. The number of rotatable bonds is 5. The number of anilines is 1. The van der Waals surface area contributed by atoms with Crippen molar-refractivity contribution in [1.82, 2.24) is 24.3 Å². The zero-order valence-electron chi connectivity index (χ0n) is 18.3. The minimum atomic E-state index is -0.465. The van der Waals surface area contributed by atoms with E-state index in [1.807, 2.05) is 38.1 Å². The number of halogens is 1. The van der Waals surface area contributed by atoms with Gasteiger partial charge in [-0.15, -0.1) is 5.10 Å². The van der Waals surface area contributed by atoms with Gasteiger partial charge in [0.1, 0.15) is 6.54 Å². The van der Waals surface area contributed by atoms with Crippen LogP contribution in [-0.4, -0.2) is 30.2 Å². The van der Waals surface area contributed by atoms with Gasteiger partial charge < -0.3 is 9.84 Å². The number of benzene rings is 2. The molecule has 1 N–H and O–H groups in total. The predicted molar refractivity (Wildman–Crippen MR) is 128 cm³/mol. The number of pyridine rings is 1. The first kappa shape index (κ1) is 21.6. The molecule has 1 amide bonds. The molecule has 0 aliphatic rings. The van der Waals surface area contributed by atoms with E-state index in [1.54, 1.807) is 36.5 Å². The van der Waals surface area contributed by atoms with Gasteiger partial charge in [0.05, 0.1) is 5.56 Å². The van der Waals surface area contributed by atoms with Crippen LogP contribution in [0.15, 0.2) is 70.1 Å². The molecule has 0 saturated heterocycles. The average molecular weight is 475 g/mol. The zero-order valence-corrected chi connectivity index (χ0v) is 19.1. The smallest absolute Gasteiger partial charge is 0.333 e. The third kappa shape index (κ3) is 4.08. The number of fused-ring (bicyclic) bond motifs is 1. The molecule has 0 aliphatic carbocycles. The molecule has 0 saturated carbocycles. The summed E-state index contributed by atoms with van der Waals surface area (Å²) < 4.78 is 7.88. The number of hydrogen-bond donors (Lipinski definition) is 1. The van der Waals surface area contributed by atoms with Crippen molar-refractivity contribution in [2.45, 2.75) is 20.4 Å². The quantitative estimate of drug-likeness (QED) is 0.410. The van der Waals surface area contributed by atoms with Crippen molar-refractivity contribution in [1.29, 1.82) is 0 Å². The van der Waals surface area contributed by atoms with Crippen LogP contribution in [0, 0.1) is 13.8 Å². The van der Waals surface area contributed by atoms with E-state index < -0.39 is 11.6 Å². The van der Waals surface area contributed by atoms with Crippen LogP contribution in [0.5, 0.6) is 0 Å². The standard InChI is InChI=1S/C24H19ClN6O3/c1-14-5-8-16(9-6-14)21-27-23(34-29-21)18-4-3-11-30-22(18)28-31(24(30)33)13-20(32)26-19-12-17(25)10-7-15(19)2/h3-12H,13H2,1-2H3,(H,26,32). The van der Waals surface area contributed by atoms with Gasteiger partial charge >= 0.3 is 5.69 Å². The van der Waals surface area contributed by atoms with Gasteiger partial charge in [0.15, 0.2) is 5.65 Å². The van der Waals surface area contributed by atoms with Crippen LogP contribution in [-0.2, 0) is 11.3 Å². The summed E-state index contributed by atoms with van der Waals surface area (Å²) in [7, 11) is 0. The molecule has 0 spiro atoms. The van der Waals surface area contributed by atoms with Crippen molar-refractivity contribution >= 4 is 28.8 Å². The van der Waals surface area contributed by atoms with E-state index >= 15 is 0 Å². The molecule has 10 heteroatoms. The molecule has 3 aromatic heterocycles. The van der Waals surface area contributed by atoms with E-state index in [4.69, 9.17) is 16.1 Å². The first-order valence-corrected chi connectivity index (χ1v) is 10.8. The summed E-state index contributed by atoms with van der Waals surface area (Å²) in [6.45, 7) is 3.57. The summed E-state index contributed by atoms with van der Waals surface area (Å²) in [6, 6.07) is 16.3. The predicted octanol–water partition coefficient (Wildman–Crippen LogP) is 4.12. The van der Waals surface area contributed by atoms with Crippen molar-refractivity contribution in [2.24, 2.45) is 0 Å². The van der Waals surface area contributed by atoms with Gasteiger partial charge in [-0.2, -0.15) is 4.98 Å². The highest BCUT2D eigenvalue weighted by Gasteiger charge is 2.19. The number of carbonyl (C=O) groups is 1. The number of aryl methyl sites for hydroxylation is 2. The number of amides is 1. The fraction of sp³-hybridized carbons (Fsp3) is 0.125. The van der Waals surface area contributed by atoms with Crippen LogP contribution in [0.25, 0.3) is 28.5 Å². The second kappa shape index (κ2) is 8.60. The maximum absolute atomic E-state index is 12.9. The van der Waals surface area contributed by atoms with Crippen molar-refractivity contribution < 1.29 is 9.32 Å². The van der Waals surface area contributed by atoms with Gasteiger partial charge in [0.25, 0.3) is 5.89 Å². The molecular weight excluding hydrogens is 456 g/mol. The van der Waals surface area contributed by atoms with E-state index in [2.05, 4.69) is 20.6 Å². The Labute approximate surface area is 198 Å². The van der Waals surface area contributed by atoms with Crippen molar-refractivity contribution in [3.05, 3.63) is 87.4 Å². The lowest BCUT2D eigenvalue weighted by molar-refractivity contribution is -0.117. The minimum Gasteiger partial charge on any atom is -0.333 e. The van der Waals surface area contributed by atoms with Gasteiger partial charge in [0.2, 0.25) is 11.7 Å². The van der Waals surface area contributed by atoms with Crippen molar-refractivity contribution in [2.75, 3.05) is 5.32 Å². The summed E-state index contributed by atoms with van der Waals surface area (Å²) in [4.78, 5) is 30.0. The molecule has 5 rings (SSSR count). The molecule has 0 atom stereocenters. The highest BCUT2D eigenvalue weighted by atomic mass is 35.5. The fourth-order valence-electron chi connectivity index (χ4n) is 3.52. The minimum absolute atomic E-state index is 0.220. The van der Waals surface area contributed by atoms with Gasteiger partial charge in [-0.3, -0.25) is 4.79 Å². The van der Waals surface area contributed by atoms with E-state index in [-0.39, 0.29) is 12.4 Å². The highest BCUT2D eigenvalue weighted by Crippen LogP contribution is 2.25. The Morgan fingerprint density at radius 1 is 1.12 bits per heavy atom. The SMILES string of the molecule is Cc1ccc(-c2noc(-c3cccn4c(=O)n(CC(=O)Nc5cc(Cl)ccc5C)nc34)n2)cc1. The Morgan fingerprint density at radius 3 is 2.71 bits per heavy atom. The first-order valence-electron chi connectivity index (χ1n) is 10.4. The summed E-state index contributed by atoms with van der Waals surface area (Å²) in [5.41, 5.74) is 3.68. The lowest BCUT2D eigenvalue weighted by Crippen LogP contribution is -2.28. The highest BCUT2D eigenvalue weighted by molar-refractivity contribution is 6.31. The van der Waals surface area contributed by atoms with Crippen LogP contribution in [0.1, 0.15) is 11.1 Å². The van der Waals surface area contributed by atoms with E-state index in [1.165, 1.54) is 4.40 Å². The second-order valence-corrected chi connectivity index (χ2v) is 8.29. The van der Waals surface area contributed by atoms with Crippen LogP contribution in [0.4, 0.5) is 5.69 Å². The Kier molecular flexibility index (Phi) is 5.46. The average Bonchev–Trinajstić information content (AvgIpc) is 3.42. The third-order valence-corrected chi connectivity index (χ3v) is 5.58. The Morgan fingerprint density at radius 2 is 1.91 bits per heavy atom. The summed E-state index contributed by atoms with van der Waals surface area (Å²) in [6.07, 6.45) is 1.57. The van der Waals surface area contributed by atoms with Gasteiger partial charge in [-0.1, -0.05) is 52.7 Å². The largest absolute Gasteiger partial charge is 0.350 e. The van der Waals surface area contributed by atoms with Crippen LogP contribution in [0.3, 0.4) is 0 Å². The molecule has 5 aromatic rings. The number of nitrogens with zero attached hydrogens (tertiary/aromatic N) is 5. The molecule has 3 heterocycles. The van der Waals surface area contributed by atoms with E-state index in [0.29, 0.717) is 27.7 Å². The molecule has 2 aromatic carbocycles. The molecule has 0 bridgehead atoms. The number of nitrogens with one attached hydrogen (secondary N) is 1. The summed E-state index contributed by atoms with van der Waals surface area (Å²) >= 11 is 6.02. The van der Waals surface area contributed by atoms with Gasteiger partial charge in [-0.25, -0.2) is 13.9 Å². The number of hydrogen-bond acceptors (Lipinski definition) is 6. The first-order chi connectivity index (χ1) is 16.4. The third-order valence-electron chi connectivity index (χ3n) is 5.34. The molecule has 34 heavy (non-hydrogen) atoms. The summed E-state index contributed by atoms with van der Waals surface area (Å²) in [5.74, 6) is 0.240. The van der Waals surface area contributed by atoms with Gasteiger partial charge in [-0.05, 0) is 43.7 Å². The summed E-state index contributed by atoms with van der Waals surface area (Å²) in [5, 5.41) is 11.7. The zero-order chi connectivity index (χ0) is 23.8. The number of carbonyl (C=O) groups excluding carboxylic acids is 1. The lowest BCUT2D eigenvalue weighted by atomic mass is 10.1. The van der Waals surface area contributed by atoms with Crippen LogP contribution >= 0.6 is 11.6 Å².